The van der Waals surface area contributed by atoms with Crippen LogP contribution in [0.2, 0.25) is 0 Å². The molecule has 0 aliphatic heterocycles. The maximum atomic E-state index is 7.98. The highest BCUT2D eigenvalue weighted by molar-refractivity contribution is 5.85. The summed E-state index contributed by atoms with van der Waals surface area (Å²) in [4.78, 5) is 0. The Kier molecular flexibility index (Phi) is 1.69. The Morgan fingerprint density at radius 1 is 1.07 bits per heavy atom. The second kappa shape index (κ2) is 2.72. The largest absolute Gasteiger partial charge is 0.312 e. The molecule has 0 heterocycles. The van der Waals surface area contributed by atoms with Crippen LogP contribution in [-0.4, -0.2) is 5.84 Å². The fourth-order valence-corrected chi connectivity index (χ4v) is 4.57. The third-order valence-electron chi connectivity index (χ3n) is 4.71. The van der Waals surface area contributed by atoms with E-state index >= 15 is 0 Å². The van der Waals surface area contributed by atoms with Gasteiger partial charge in [0.15, 0.2) is 0 Å². The molecule has 4 saturated carbocycles. The number of amidine groups is 1. The van der Waals surface area contributed by atoms with Gasteiger partial charge in [0.2, 0.25) is 0 Å². The van der Waals surface area contributed by atoms with Crippen molar-refractivity contribution >= 4 is 5.84 Å². The monoisotopic (exact) mass is 193 g/mol. The van der Waals surface area contributed by atoms with Crippen LogP contribution in [-0.2, 0) is 0 Å². The van der Waals surface area contributed by atoms with E-state index in [0.29, 0.717) is 5.84 Å². The Bertz CT molecular complexity index is 236. The number of hydrogen-bond acceptors (Lipinski definition) is 2. The SMILES string of the molecule is N=C(NN)C12CC3CC(CC(C3)C1)C2. The van der Waals surface area contributed by atoms with E-state index in [0.717, 1.165) is 17.8 Å². The summed E-state index contributed by atoms with van der Waals surface area (Å²) in [6.07, 6.45) is 7.96. The van der Waals surface area contributed by atoms with Gasteiger partial charge in [-0.1, -0.05) is 0 Å². The maximum Gasteiger partial charge on any atom is 0.114 e. The molecule has 0 saturated heterocycles. The van der Waals surface area contributed by atoms with Gasteiger partial charge in [-0.3, -0.25) is 5.41 Å². The van der Waals surface area contributed by atoms with Crippen molar-refractivity contribution in [3.8, 4) is 0 Å². The average Bonchev–Trinajstić information content (AvgIpc) is 2.14. The molecule has 78 valence electrons. The van der Waals surface area contributed by atoms with E-state index in [2.05, 4.69) is 5.43 Å². The van der Waals surface area contributed by atoms with Crippen LogP contribution in [0.1, 0.15) is 38.5 Å². The van der Waals surface area contributed by atoms with Crippen LogP contribution in [0.5, 0.6) is 0 Å². The third kappa shape index (κ3) is 1.05. The first-order chi connectivity index (χ1) is 6.72. The van der Waals surface area contributed by atoms with E-state index in [-0.39, 0.29) is 5.41 Å². The molecular weight excluding hydrogens is 174 g/mol. The lowest BCUT2D eigenvalue weighted by Gasteiger charge is -2.56. The van der Waals surface area contributed by atoms with Gasteiger partial charge < -0.3 is 5.43 Å². The Balaban J connectivity index is 1.91. The van der Waals surface area contributed by atoms with Crippen molar-refractivity contribution in [2.24, 2.45) is 29.0 Å². The molecule has 4 aliphatic carbocycles. The molecule has 0 aromatic carbocycles. The van der Waals surface area contributed by atoms with Crippen LogP contribution in [0.3, 0.4) is 0 Å². The number of hydrazine groups is 1. The molecule has 4 fully saturated rings. The lowest BCUT2D eigenvalue weighted by Crippen LogP contribution is -2.54. The van der Waals surface area contributed by atoms with Crippen molar-refractivity contribution < 1.29 is 0 Å². The molecule has 4 rings (SSSR count). The molecule has 0 amide bonds. The standard InChI is InChI=1S/C11H19N3/c12-10(14-13)11-4-7-1-8(5-11)3-9(2-7)6-11/h7-9H,1-6,13H2,(H2,12,14). The first-order valence-electron chi connectivity index (χ1n) is 5.77. The third-order valence-corrected chi connectivity index (χ3v) is 4.71. The fourth-order valence-electron chi connectivity index (χ4n) is 4.57. The van der Waals surface area contributed by atoms with Gasteiger partial charge in [0.05, 0.1) is 0 Å². The van der Waals surface area contributed by atoms with Crippen molar-refractivity contribution in [3.63, 3.8) is 0 Å². The average molecular weight is 193 g/mol. The molecule has 3 nitrogen and oxygen atoms in total. The van der Waals surface area contributed by atoms with E-state index in [1.54, 1.807) is 0 Å². The molecule has 14 heavy (non-hydrogen) atoms. The summed E-state index contributed by atoms with van der Waals surface area (Å²) in [6, 6.07) is 0. The van der Waals surface area contributed by atoms with Crippen molar-refractivity contribution in [2.75, 3.05) is 0 Å². The summed E-state index contributed by atoms with van der Waals surface area (Å²) in [5.74, 6) is 8.72. The minimum Gasteiger partial charge on any atom is -0.312 e. The topological polar surface area (TPSA) is 61.9 Å². The minimum atomic E-state index is 0.156. The van der Waals surface area contributed by atoms with Crippen LogP contribution in [0.25, 0.3) is 0 Å². The Morgan fingerprint density at radius 3 is 1.86 bits per heavy atom. The van der Waals surface area contributed by atoms with Crippen LogP contribution in [0.4, 0.5) is 0 Å². The highest BCUT2D eigenvalue weighted by Crippen LogP contribution is 2.59. The smallest absolute Gasteiger partial charge is 0.114 e. The van der Waals surface area contributed by atoms with E-state index in [1.165, 1.54) is 38.5 Å². The van der Waals surface area contributed by atoms with Gasteiger partial charge >= 0.3 is 0 Å². The molecule has 3 heteroatoms. The minimum absolute atomic E-state index is 0.156. The summed E-state index contributed by atoms with van der Waals surface area (Å²) in [6.45, 7) is 0. The van der Waals surface area contributed by atoms with Gasteiger partial charge in [-0.25, -0.2) is 5.84 Å². The van der Waals surface area contributed by atoms with E-state index in [4.69, 9.17) is 11.3 Å². The van der Waals surface area contributed by atoms with Gasteiger partial charge in [-0.05, 0) is 56.3 Å². The molecular formula is C11H19N3. The molecule has 0 radical (unpaired) electrons. The maximum absolute atomic E-state index is 7.98. The normalized spacial score (nSPS) is 49.4. The number of rotatable bonds is 1. The van der Waals surface area contributed by atoms with Crippen molar-refractivity contribution in [2.45, 2.75) is 38.5 Å². The molecule has 0 spiro atoms. The first kappa shape index (κ1) is 8.72. The van der Waals surface area contributed by atoms with Crippen LogP contribution >= 0.6 is 0 Å². The lowest BCUT2D eigenvalue weighted by atomic mass is 9.49. The van der Waals surface area contributed by atoms with Gasteiger partial charge in [-0.15, -0.1) is 0 Å². The second-order valence-electron chi connectivity index (χ2n) is 5.72. The zero-order chi connectivity index (χ0) is 9.76. The van der Waals surface area contributed by atoms with Crippen molar-refractivity contribution in [3.05, 3.63) is 0 Å². The Labute approximate surface area is 84.9 Å². The second-order valence-corrected chi connectivity index (χ2v) is 5.72. The lowest BCUT2D eigenvalue weighted by molar-refractivity contribution is -0.0145. The molecule has 4 N–H and O–H groups in total. The highest BCUT2D eigenvalue weighted by Gasteiger charge is 2.52. The first-order valence-corrected chi connectivity index (χ1v) is 5.77. The summed E-state index contributed by atoms with van der Waals surface area (Å²) < 4.78 is 0. The summed E-state index contributed by atoms with van der Waals surface area (Å²) in [5.41, 5.74) is 2.76. The number of hydrogen-bond donors (Lipinski definition) is 3. The van der Waals surface area contributed by atoms with E-state index in [9.17, 15) is 0 Å². The number of nitrogens with two attached hydrogens (primary N) is 1. The van der Waals surface area contributed by atoms with Gasteiger partial charge in [-0.2, -0.15) is 0 Å². The zero-order valence-corrected chi connectivity index (χ0v) is 8.55. The molecule has 0 atom stereocenters. The summed E-state index contributed by atoms with van der Waals surface area (Å²) in [5, 5.41) is 7.98. The summed E-state index contributed by atoms with van der Waals surface area (Å²) in [7, 11) is 0. The van der Waals surface area contributed by atoms with Gasteiger partial charge in [0, 0.05) is 5.41 Å². The van der Waals surface area contributed by atoms with Gasteiger partial charge in [0.1, 0.15) is 5.84 Å². The quantitative estimate of drug-likeness (QED) is 0.256. The summed E-state index contributed by atoms with van der Waals surface area (Å²) >= 11 is 0. The predicted octanol–water partition coefficient (Wildman–Crippen LogP) is 1.64. The molecule has 4 bridgehead atoms. The predicted molar refractivity (Wildman–Crippen MR) is 55.7 cm³/mol. The van der Waals surface area contributed by atoms with E-state index in [1.807, 2.05) is 0 Å². The Morgan fingerprint density at radius 2 is 1.50 bits per heavy atom. The van der Waals surface area contributed by atoms with Crippen molar-refractivity contribution in [1.29, 1.82) is 5.41 Å². The molecule has 4 aliphatic rings. The molecule has 0 aromatic heterocycles. The Hall–Kier alpha value is -0.570. The van der Waals surface area contributed by atoms with Crippen LogP contribution in [0.15, 0.2) is 0 Å². The fraction of sp³-hybridized carbons (Fsp3) is 0.909. The van der Waals surface area contributed by atoms with Crippen LogP contribution in [0, 0.1) is 28.6 Å². The number of nitrogens with one attached hydrogen (secondary N) is 2. The van der Waals surface area contributed by atoms with E-state index < -0.39 is 0 Å². The van der Waals surface area contributed by atoms with Gasteiger partial charge in [0.25, 0.3) is 0 Å². The zero-order valence-electron chi connectivity index (χ0n) is 8.55. The molecule has 0 aromatic rings. The van der Waals surface area contributed by atoms with Crippen LogP contribution < -0.4 is 11.3 Å². The molecule has 0 unspecified atom stereocenters. The highest BCUT2D eigenvalue weighted by atomic mass is 15.2. The van der Waals surface area contributed by atoms with Crippen molar-refractivity contribution in [1.82, 2.24) is 5.43 Å².